The summed E-state index contributed by atoms with van der Waals surface area (Å²) in [6.07, 6.45) is 1.43. The highest BCUT2D eigenvalue weighted by Crippen LogP contribution is 2.66. The van der Waals surface area contributed by atoms with Crippen LogP contribution in [0.4, 0.5) is 15.8 Å². The van der Waals surface area contributed by atoms with Crippen molar-refractivity contribution in [3.8, 4) is 11.5 Å². The van der Waals surface area contributed by atoms with Gasteiger partial charge in [0.15, 0.2) is 9.75 Å². The summed E-state index contributed by atoms with van der Waals surface area (Å²) in [5.41, 5.74) is 0.677. The van der Waals surface area contributed by atoms with Crippen molar-refractivity contribution in [2.24, 2.45) is 17.8 Å². The number of aromatic carboxylic acids is 1. The Morgan fingerprint density at radius 1 is 0.894 bits per heavy atom. The third-order valence-corrected chi connectivity index (χ3v) is 11.4. The van der Waals surface area contributed by atoms with E-state index in [1.54, 1.807) is 31.2 Å². The molecular formula is C34H25Cl2FN2O8. The number of alkyl halides is 2. The largest absolute Gasteiger partial charge is 0.507 e. The molecule has 10 nitrogen and oxygen atoms in total. The molecule has 0 aromatic heterocycles. The molecule has 2 aliphatic heterocycles. The van der Waals surface area contributed by atoms with Gasteiger partial charge in [-0.25, -0.2) is 19.0 Å². The Bertz CT molecular complexity index is 1980. The Morgan fingerprint density at radius 2 is 1.57 bits per heavy atom. The molecule has 0 radical (unpaired) electrons. The summed E-state index contributed by atoms with van der Waals surface area (Å²) >= 11 is 14.6. The number of hydrogen-bond donors (Lipinski definition) is 3. The first-order valence-electron chi connectivity index (χ1n) is 14.7. The summed E-state index contributed by atoms with van der Waals surface area (Å²) in [6, 6.07) is 12.8. The number of allylic oxidation sites excluding steroid dienone is 2. The third-order valence-electron chi connectivity index (χ3n) is 9.95. The fourth-order valence-corrected chi connectivity index (χ4v) is 8.68. The summed E-state index contributed by atoms with van der Waals surface area (Å²) in [4.78, 5) is 65.4. The van der Waals surface area contributed by atoms with E-state index in [0.717, 1.165) is 34.1 Å². The van der Waals surface area contributed by atoms with Gasteiger partial charge in [-0.15, -0.1) is 23.2 Å². The van der Waals surface area contributed by atoms with Crippen molar-refractivity contribution in [2.75, 3.05) is 9.80 Å². The van der Waals surface area contributed by atoms with Crippen LogP contribution in [-0.4, -0.2) is 54.7 Å². The van der Waals surface area contributed by atoms with Crippen molar-refractivity contribution in [2.45, 2.75) is 35.4 Å². The molecule has 2 saturated heterocycles. The minimum Gasteiger partial charge on any atom is -0.507 e. The maximum absolute atomic E-state index is 14.4. The number of carboxylic acid groups (broad SMARTS) is 1. The molecule has 13 heteroatoms. The number of rotatable bonds is 4. The predicted molar refractivity (Wildman–Crippen MR) is 167 cm³/mol. The molecule has 2 aliphatic carbocycles. The molecule has 7 rings (SSSR count). The number of nitrogens with zero attached hydrogens (tertiary/aromatic N) is 2. The van der Waals surface area contributed by atoms with Crippen molar-refractivity contribution < 1.29 is 43.7 Å². The number of aryl methyl sites for hydroxylation is 1. The van der Waals surface area contributed by atoms with Gasteiger partial charge < -0.3 is 15.3 Å². The van der Waals surface area contributed by atoms with Crippen LogP contribution in [0.3, 0.4) is 0 Å². The number of aromatic hydroxyl groups is 2. The number of phenolic OH excluding ortho intramolecular Hbond substituents is 1. The number of fused-ring (bicyclic) bond motifs is 4. The second-order valence-electron chi connectivity index (χ2n) is 12.3. The number of anilines is 2. The van der Waals surface area contributed by atoms with Crippen LogP contribution in [-0.2, 0) is 19.2 Å². The number of carbonyl (C=O) groups is 5. The van der Waals surface area contributed by atoms with Crippen LogP contribution in [0.1, 0.15) is 40.2 Å². The molecule has 6 atom stereocenters. The van der Waals surface area contributed by atoms with Crippen molar-refractivity contribution in [1.29, 1.82) is 0 Å². The van der Waals surface area contributed by atoms with E-state index >= 15 is 0 Å². The molecule has 6 unspecified atom stereocenters. The number of carboxylic acids is 1. The smallest absolute Gasteiger partial charge is 0.339 e. The third kappa shape index (κ3) is 4.05. The molecule has 3 aromatic carbocycles. The van der Waals surface area contributed by atoms with Crippen molar-refractivity contribution in [1.82, 2.24) is 0 Å². The van der Waals surface area contributed by atoms with E-state index in [9.17, 15) is 43.7 Å². The first-order chi connectivity index (χ1) is 22.2. The molecule has 3 fully saturated rings. The zero-order valence-corrected chi connectivity index (χ0v) is 26.0. The van der Waals surface area contributed by atoms with Crippen LogP contribution < -0.4 is 9.80 Å². The van der Waals surface area contributed by atoms with Crippen LogP contribution in [0, 0.1) is 30.5 Å². The standard InChI is InChI=1S/C34H25Cl2FN2O8/c1-15-3-2-4-22(27(15)41)26-19-11-12-21-25(29(43)38(28(21)42)18-9-10-20(30(44)45)24(40)13-18)23(19)14-33(35)31(46)39(32(47)34(26,33)36)17-7-5-16(37)6-8-17/h2-11,13,21,23,25-26,40-41H,12,14H2,1H3,(H,44,45). The lowest BCUT2D eigenvalue weighted by atomic mass is 9.56. The van der Waals surface area contributed by atoms with Gasteiger partial charge in [0, 0.05) is 17.5 Å². The summed E-state index contributed by atoms with van der Waals surface area (Å²) in [7, 11) is 0. The monoisotopic (exact) mass is 678 g/mol. The number of halogens is 3. The van der Waals surface area contributed by atoms with Crippen LogP contribution in [0.25, 0.3) is 0 Å². The van der Waals surface area contributed by atoms with Gasteiger partial charge in [-0.05, 0) is 67.6 Å². The number of carbonyl (C=O) groups excluding carboxylic acids is 4. The van der Waals surface area contributed by atoms with E-state index in [1.165, 1.54) is 18.2 Å². The van der Waals surface area contributed by atoms with E-state index in [1.807, 2.05) is 0 Å². The van der Waals surface area contributed by atoms with Gasteiger partial charge in [0.05, 0.1) is 23.2 Å². The minimum absolute atomic E-state index is 0.0285. The second kappa shape index (κ2) is 10.4. The van der Waals surface area contributed by atoms with Gasteiger partial charge in [0.1, 0.15) is 22.9 Å². The van der Waals surface area contributed by atoms with E-state index in [0.29, 0.717) is 11.1 Å². The van der Waals surface area contributed by atoms with E-state index in [2.05, 4.69) is 0 Å². The molecule has 1 saturated carbocycles. The molecule has 2 heterocycles. The van der Waals surface area contributed by atoms with Crippen LogP contribution in [0.15, 0.2) is 72.3 Å². The van der Waals surface area contributed by atoms with Gasteiger partial charge in [-0.1, -0.05) is 29.8 Å². The average molecular weight is 679 g/mol. The summed E-state index contributed by atoms with van der Waals surface area (Å²) < 4.78 is 13.8. The zero-order chi connectivity index (χ0) is 33.7. The Hall–Kier alpha value is -4.74. The Kier molecular flexibility index (Phi) is 6.82. The lowest BCUT2D eigenvalue weighted by molar-refractivity contribution is -0.125. The zero-order valence-electron chi connectivity index (χ0n) is 24.5. The number of imide groups is 2. The first kappa shape index (κ1) is 30.9. The quantitative estimate of drug-likeness (QED) is 0.198. The molecule has 4 amide bonds. The molecule has 47 heavy (non-hydrogen) atoms. The Balaban J connectivity index is 1.39. The van der Waals surface area contributed by atoms with Gasteiger partial charge in [0.25, 0.3) is 11.8 Å². The van der Waals surface area contributed by atoms with Crippen LogP contribution >= 0.6 is 23.2 Å². The maximum Gasteiger partial charge on any atom is 0.339 e. The number of para-hydroxylation sites is 1. The molecule has 3 N–H and O–H groups in total. The van der Waals surface area contributed by atoms with Crippen molar-refractivity contribution in [3.05, 3.63) is 94.8 Å². The summed E-state index contributed by atoms with van der Waals surface area (Å²) in [5.74, 6) is -9.98. The SMILES string of the molecule is Cc1cccc(C2C3=CCC4C(=O)N(c5ccc(C(=O)O)c(O)c5)C(=O)C4C3CC3(Cl)C(=O)N(c4ccc(F)cc4)C(=O)C23Cl)c1O. The number of amides is 4. The van der Waals surface area contributed by atoms with Gasteiger partial charge in [-0.3, -0.25) is 19.2 Å². The van der Waals surface area contributed by atoms with E-state index < -0.39 is 80.1 Å². The van der Waals surface area contributed by atoms with Crippen molar-refractivity contribution in [3.63, 3.8) is 0 Å². The lowest BCUT2D eigenvalue weighted by Gasteiger charge is -2.50. The molecule has 240 valence electrons. The highest BCUT2D eigenvalue weighted by atomic mass is 35.5. The molecular weight excluding hydrogens is 654 g/mol. The second-order valence-corrected chi connectivity index (χ2v) is 13.5. The topological polar surface area (TPSA) is 153 Å². The molecule has 0 spiro atoms. The van der Waals surface area contributed by atoms with Gasteiger partial charge >= 0.3 is 5.97 Å². The molecule has 3 aromatic rings. The molecule has 0 bridgehead atoms. The fraction of sp³-hybridized carbons (Fsp3) is 0.265. The number of hydrogen-bond acceptors (Lipinski definition) is 7. The summed E-state index contributed by atoms with van der Waals surface area (Å²) in [6.45, 7) is 1.65. The highest BCUT2D eigenvalue weighted by molar-refractivity contribution is 6.58. The number of benzene rings is 3. The van der Waals surface area contributed by atoms with E-state index in [-0.39, 0.29) is 35.5 Å². The molecule has 4 aliphatic rings. The average Bonchev–Trinajstić information content (AvgIpc) is 3.37. The predicted octanol–water partition coefficient (Wildman–Crippen LogP) is 5.01. The summed E-state index contributed by atoms with van der Waals surface area (Å²) in [5, 5.41) is 30.9. The minimum atomic E-state index is -2.20. The van der Waals surface area contributed by atoms with Crippen LogP contribution in [0.2, 0.25) is 0 Å². The number of phenols is 2. The van der Waals surface area contributed by atoms with Crippen molar-refractivity contribution >= 4 is 64.2 Å². The Labute approximate surface area is 276 Å². The fourth-order valence-electron chi connectivity index (χ4n) is 7.75. The Morgan fingerprint density at radius 3 is 2.23 bits per heavy atom. The maximum atomic E-state index is 14.4. The normalized spacial score (nSPS) is 29.8. The first-order valence-corrected chi connectivity index (χ1v) is 15.4. The van der Waals surface area contributed by atoms with E-state index in [4.69, 9.17) is 23.2 Å². The van der Waals surface area contributed by atoms with Gasteiger partial charge in [0.2, 0.25) is 11.8 Å². The lowest BCUT2D eigenvalue weighted by Crippen LogP contribution is -2.60. The highest BCUT2D eigenvalue weighted by Gasteiger charge is 2.77. The van der Waals surface area contributed by atoms with Gasteiger partial charge in [-0.2, -0.15) is 0 Å². The van der Waals surface area contributed by atoms with Crippen LogP contribution in [0.5, 0.6) is 11.5 Å².